The van der Waals surface area contributed by atoms with Gasteiger partial charge >= 0.3 is 0 Å². The van der Waals surface area contributed by atoms with Crippen molar-refractivity contribution in [1.82, 2.24) is 5.32 Å². The molecule has 0 aliphatic heterocycles. The molecule has 0 aliphatic carbocycles. The van der Waals surface area contributed by atoms with Gasteiger partial charge in [-0.1, -0.05) is 41.9 Å². The van der Waals surface area contributed by atoms with Gasteiger partial charge in [-0.2, -0.15) is 5.26 Å². The third-order valence-electron chi connectivity index (χ3n) is 3.89. The summed E-state index contributed by atoms with van der Waals surface area (Å²) in [6.07, 6.45) is 4.18. The normalized spacial score (nSPS) is 10.8. The Bertz CT molecular complexity index is 907. The lowest BCUT2D eigenvalue weighted by Crippen LogP contribution is -2.17. The number of hydrogen-bond donors (Lipinski definition) is 2. The largest absolute Gasteiger partial charge is 0.390 e. The highest BCUT2D eigenvalue weighted by atomic mass is 35.5. The fraction of sp³-hybridized carbons (Fsp3) is 0.200. The van der Waals surface area contributed by atoms with Gasteiger partial charge in [0.1, 0.15) is 16.7 Å². The second-order valence-electron chi connectivity index (χ2n) is 5.94. The monoisotopic (exact) mass is 398 g/mol. The van der Waals surface area contributed by atoms with Crippen molar-refractivity contribution in [3.05, 3.63) is 81.0 Å². The summed E-state index contributed by atoms with van der Waals surface area (Å²) >= 11 is 5.74. The maximum atomic E-state index is 12.2. The standard InChI is InChI=1S/C20H19ClN4O3/c21-18-10-9-17(12-19(18)25(27)28)24-20(26)16(13-22)14-23-11-5-4-8-15-6-2-1-3-7-15/h1-3,6-7,9-10,12,14,23H,4-5,8,11H2,(H,24,26)/b16-14-. The van der Waals surface area contributed by atoms with Crippen LogP contribution in [0.2, 0.25) is 5.02 Å². The fourth-order valence-electron chi connectivity index (χ4n) is 2.45. The van der Waals surface area contributed by atoms with E-state index in [1.54, 1.807) is 0 Å². The molecule has 0 bridgehead atoms. The number of carbonyl (C=O) groups is 1. The van der Waals surface area contributed by atoms with E-state index < -0.39 is 10.8 Å². The summed E-state index contributed by atoms with van der Waals surface area (Å²) < 4.78 is 0. The van der Waals surface area contributed by atoms with E-state index in [9.17, 15) is 14.9 Å². The Morgan fingerprint density at radius 2 is 1.96 bits per heavy atom. The molecule has 8 heteroatoms. The zero-order valence-corrected chi connectivity index (χ0v) is 15.8. The molecule has 0 radical (unpaired) electrons. The predicted octanol–water partition coefficient (Wildman–Crippen LogP) is 4.21. The van der Waals surface area contributed by atoms with Crippen molar-refractivity contribution < 1.29 is 9.72 Å². The molecule has 0 heterocycles. The molecule has 2 aromatic rings. The van der Waals surface area contributed by atoms with Crippen molar-refractivity contribution in [2.75, 3.05) is 11.9 Å². The molecule has 0 unspecified atom stereocenters. The van der Waals surface area contributed by atoms with Crippen LogP contribution in [0.3, 0.4) is 0 Å². The van der Waals surface area contributed by atoms with Crippen LogP contribution in [0.4, 0.5) is 11.4 Å². The number of halogens is 1. The molecule has 0 fully saturated rings. The van der Waals surface area contributed by atoms with Crippen molar-refractivity contribution in [3.8, 4) is 6.07 Å². The van der Waals surface area contributed by atoms with E-state index in [-0.39, 0.29) is 22.0 Å². The summed E-state index contributed by atoms with van der Waals surface area (Å²) in [5.41, 5.74) is 1.01. The zero-order chi connectivity index (χ0) is 20.4. The maximum Gasteiger partial charge on any atom is 0.289 e. The number of nitriles is 1. The summed E-state index contributed by atoms with van der Waals surface area (Å²) in [5, 5.41) is 25.4. The first-order valence-corrected chi connectivity index (χ1v) is 9.02. The summed E-state index contributed by atoms with van der Waals surface area (Å²) in [6, 6.07) is 15.8. The number of carbonyl (C=O) groups excluding carboxylic acids is 1. The van der Waals surface area contributed by atoms with E-state index in [2.05, 4.69) is 22.8 Å². The van der Waals surface area contributed by atoms with Gasteiger partial charge in [-0.3, -0.25) is 14.9 Å². The van der Waals surface area contributed by atoms with E-state index in [0.717, 1.165) is 25.3 Å². The Morgan fingerprint density at radius 1 is 1.21 bits per heavy atom. The van der Waals surface area contributed by atoms with Crippen LogP contribution in [0.25, 0.3) is 0 Å². The highest BCUT2D eigenvalue weighted by Gasteiger charge is 2.15. The lowest BCUT2D eigenvalue weighted by molar-refractivity contribution is -0.384. The molecule has 1 amide bonds. The molecule has 0 aromatic heterocycles. The van der Waals surface area contributed by atoms with Gasteiger partial charge in [0, 0.05) is 24.5 Å². The van der Waals surface area contributed by atoms with Crippen molar-refractivity contribution in [3.63, 3.8) is 0 Å². The highest BCUT2D eigenvalue weighted by molar-refractivity contribution is 6.32. The van der Waals surface area contributed by atoms with Crippen LogP contribution >= 0.6 is 11.6 Å². The van der Waals surface area contributed by atoms with Crippen LogP contribution in [0.15, 0.2) is 60.3 Å². The fourth-order valence-corrected chi connectivity index (χ4v) is 2.64. The summed E-state index contributed by atoms with van der Waals surface area (Å²) in [5.74, 6) is -0.657. The molecule has 28 heavy (non-hydrogen) atoms. The van der Waals surface area contributed by atoms with Crippen molar-refractivity contribution in [2.24, 2.45) is 0 Å². The van der Waals surface area contributed by atoms with E-state index in [1.165, 1.54) is 23.9 Å². The summed E-state index contributed by atoms with van der Waals surface area (Å²) in [4.78, 5) is 22.4. The number of rotatable bonds is 9. The molecule has 0 saturated heterocycles. The summed E-state index contributed by atoms with van der Waals surface area (Å²) in [7, 11) is 0. The van der Waals surface area contributed by atoms with Gasteiger partial charge in [0.15, 0.2) is 0 Å². The van der Waals surface area contributed by atoms with E-state index >= 15 is 0 Å². The van der Waals surface area contributed by atoms with Crippen molar-refractivity contribution >= 4 is 28.9 Å². The first-order chi connectivity index (χ1) is 13.5. The number of nitro groups is 1. The number of unbranched alkanes of at least 4 members (excludes halogenated alkanes) is 1. The van der Waals surface area contributed by atoms with Gasteiger partial charge < -0.3 is 10.6 Å². The number of amides is 1. The van der Waals surface area contributed by atoms with Crippen LogP contribution in [-0.2, 0) is 11.2 Å². The molecule has 2 N–H and O–H groups in total. The lowest BCUT2D eigenvalue weighted by atomic mass is 10.1. The molecule has 144 valence electrons. The van der Waals surface area contributed by atoms with Crippen LogP contribution in [0.5, 0.6) is 0 Å². The number of nitrogens with zero attached hydrogens (tertiary/aromatic N) is 2. The van der Waals surface area contributed by atoms with Crippen LogP contribution in [-0.4, -0.2) is 17.4 Å². The second-order valence-corrected chi connectivity index (χ2v) is 6.35. The molecular weight excluding hydrogens is 380 g/mol. The Labute approximate surface area is 167 Å². The Hall–Kier alpha value is -3.37. The van der Waals surface area contributed by atoms with E-state index in [4.69, 9.17) is 16.9 Å². The van der Waals surface area contributed by atoms with Crippen molar-refractivity contribution in [2.45, 2.75) is 19.3 Å². The maximum absolute atomic E-state index is 12.2. The average molecular weight is 399 g/mol. The molecule has 0 saturated carbocycles. The van der Waals surface area contributed by atoms with Gasteiger partial charge in [-0.25, -0.2) is 0 Å². The first kappa shape index (κ1) is 20.9. The zero-order valence-electron chi connectivity index (χ0n) is 15.0. The molecule has 2 rings (SSSR count). The first-order valence-electron chi connectivity index (χ1n) is 8.64. The van der Waals surface area contributed by atoms with Gasteiger partial charge in [0.2, 0.25) is 0 Å². The van der Waals surface area contributed by atoms with E-state index in [1.807, 2.05) is 24.3 Å². The number of benzene rings is 2. The predicted molar refractivity (Wildman–Crippen MR) is 108 cm³/mol. The van der Waals surface area contributed by atoms with E-state index in [0.29, 0.717) is 6.54 Å². The van der Waals surface area contributed by atoms with Crippen LogP contribution < -0.4 is 10.6 Å². The van der Waals surface area contributed by atoms with Crippen molar-refractivity contribution in [1.29, 1.82) is 5.26 Å². The second kappa shape index (κ2) is 10.7. The van der Waals surface area contributed by atoms with Crippen LogP contribution in [0.1, 0.15) is 18.4 Å². The SMILES string of the molecule is N#C/C(=C/NCCCCc1ccccc1)C(=O)Nc1ccc(Cl)c([N+](=O)[O-])c1. The quantitative estimate of drug-likeness (QED) is 0.216. The van der Waals surface area contributed by atoms with Crippen LogP contribution in [0, 0.1) is 21.4 Å². The number of nitro benzene ring substituents is 1. The highest BCUT2D eigenvalue weighted by Crippen LogP contribution is 2.27. The molecule has 7 nitrogen and oxygen atoms in total. The molecule has 2 aromatic carbocycles. The Kier molecular flexibility index (Phi) is 8.00. The molecular formula is C20H19ClN4O3. The molecule has 0 spiro atoms. The van der Waals surface area contributed by atoms with Gasteiger partial charge in [0.25, 0.3) is 11.6 Å². The Balaban J connectivity index is 1.83. The minimum Gasteiger partial charge on any atom is -0.390 e. The van der Waals surface area contributed by atoms with Gasteiger partial charge in [0.05, 0.1) is 4.92 Å². The molecule has 0 atom stereocenters. The lowest BCUT2D eigenvalue weighted by Gasteiger charge is -2.06. The van der Waals surface area contributed by atoms with Gasteiger partial charge in [-0.15, -0.1) is 0 Å². The molecule has 0 aliphatic rings. The summed E-state index contributed by atoms with van der Waals surface area (Å²) in [6.45, 7) is 0.623. The average Bonchev–Trinajstić information content (AvgIpc) is 2.69. The number of hydrogen-bond acceptors (Lipinski definition) is 5. The minimum atomic E-state index is -0.657. The third kappa shape index (κ3) is 6.41. The number of aryl methyl sites for hydroxylation is 1. The minimum absolute atomic E-state index is 0.0313. The number of anilines is 1. The topological polar surface area (TPSA) is 108 Å². The third-order valence-corrected chi connectivity index (χ3v) is 4.21. The van der Waals surface area contributed by atoms with Gasteiger partial charge in [-0.05, 0) is 37.0 Å². The number of nitrogens with one attached hydrogen (secondary N) is 2. The smallest absolute Gasteiger partial charge is 0.289 e. The Morgan fingerprint density at radius 3 is 2.64 bits per heavy atom.